The summed E-state index contributed by atoms with van der Waals surface area (Å²) in [4.78, 5) is 16.8. The van der Waals surface area contributed by atoms with Crippen molar-refractivity contribution in [2.45, 2.75) is 12.8 Å². The molecule has 2 aromatic heterocycles. The fraction of sp³-hybridized carbons (Fsp3) is 0.167. The summed E-state index contributed by atoms with van der Waals surface area (Å²) in [6.07, 6.45) is 0.857. The van der Waals surface area contributed by atoms with Crippen LogP contribution in [0.5, 0.6) is 0 Å². The molecule has 0 fully saturated rings. The number of rotatable bonds is 3. The number of hydrogen-bond donors (Lipinski definition) is 0. The molecule has 0 amide bonds. The zero-order valence-corrected chi connectivity index (χ0v) is 10.3. The van der Waals surface area contributed by atoms with Gasteiger partial charge in [-0.25, -0.2) is 0 Å². The van der Waals surface area contributed by atoms with Crippen molar-refractivity contribution >= 4 is 29.2 Å². The molecule has 0 saturated heterocycles. The maximum absolute atomic E-state index is 10.6. The van der Waals surface area contributed by atoms with Crippen molar-refractivity contribution in [3.8, 4) is 10.4 Å². The first-order valence-electron chi connectivity index (χ1n) is 4.82. The van der Waals surface area contributed by atoms with Gasteiger partial charge in [-0.2, -0.15) is 0 Å². The fourth-order valence-electron chi connectivity index (χ4n) is 1.50. The summed E-state index contributed by atoms with van der Waals surface area (Å²) in [7, 11) is 0. The lowest BCUT2D eigenvalue weighted by molar-refractivity contribution is 0.112. The number of pyridine rings is 1. The monoisotopic (exact) mass is 251 g/mol. The summed E-state index contributed by atoms with van der Waals surface area (Å²) in [5.41, 5.74) is 2.83. The molecule has 0 saturated carbocycles. The Morgan fingerprint density at radius 3 is 2.81 bits per heavy atom. The van der Waals surface area contributed by atoms with E-state index in [0.717, 1.165) is 33.0 Å². The number of nitrogens with zero attached hydrogens (tertiary/aromatic N) is 1. The number of aryl methyl sites for hydroxylation is 1. The molecule has 16 heavy (non-hydrogen) atoms. The maximum Gasteiger partial charge on any atom is 0.160 e. The molecule has 0 aliphatic carbocycles. The number of aldehydes is 1. The molecule has 0 aliphatic heterocycles. The minimum Gasteiger partial charge on any atom is -0.297 e. The molecular formula is C12H10ClNOS. The molecule has 2 heterocycles. The molecule has 0 N–H and O–H groups in total. The van der Waals surface area contributed by atoms with Gasteiger partial charge in [-0.1, -0.05) is 0 Å². The van der Waals surface area contributed by atoms with Crippen LogP contribution in [0.15, 0.2) is 24.3 Å². The Morgan fingerprint density at radius 1 is 1.38 bits per heavy atom. The lowest BCUT2D eigenvalue weighted by atomic mass is 10.1. The normalized spacial score (nSPS) is 10.4. The summed E-state index contributed by atoms with van der Waals surface area (Å²) in [6, 6.07) is 7.69. The van der Waals surface area contributed by atoms with Crippen molar-refractivity contribution in [2.24, 2.45) is 0 Å². The second-order valence-electron chi connectivity index (χ2n) is 3.40. The first kappa shape index (κ1) is 11.3. The van der Waals surface area contributed by atoms with Crippen LogP contribution in [0.1, 0.15) is 21.1 Å². The average molecular weight is 252 g/mol. The highest BCUT2D eigenvalue weighted by Crippen LogP contribution is 2.30. The molecule has 2 aromatic rings. The van der Waals surface area contributed by atoms with Crippen molar-refractivity contribution in [3.05, 3.63) is 40.5 Å². The van der Waals surface area contributed by atoms with E-state index in [4.69, 9.17) is 11.6 Å². The zero-order chi connectivity index (χ0) is 11.5. The summed E-state index contributed by atoms with van der Waals surface area (Å²) >= 11 is 7.32. The highest BCUT2D eigenvalue weighted by atomic mass is 35.5. The quantitative estimate of drug-likeness (QED) is 0.615. The van der Waals surface area contributed by atoms with E-state index >= 15 is 0 Å². The number of carbonyl (C=O) groups is 1. The molecule has 82 valence electrons. The van der Waals surface area contributed by atoms with Crippen molar-refractivity contribution in [3.63, 3.8) is 0 Å². The highest BCUT2D eigenvalue weighted by molar-refractivity contribution is 7.17. The van der Waals surface area contributed by atoms with Crippen molar-refractivity contribution in [1.29, 1.82) is 0 Å². The van der Waals surface area contributed by atoms with Crippen LogP contribution in [0.2, 0.25) is 0 Å². The van der Waals surface area contributed by atoms with Crippen LogP contribution in [0.4, 0.5) is 0 Å². The molecule has 0 radical (unpaired) electrons. The van der Waals surface area contributed by atoms with Crippen LogP contribution in [-0.4, -0.2) is 11.3 Å². The van der Waals surface area contributed by atoms with Gasteiger partial charge in [-0.3, -0.25) is 9.78 Å². The van der Waals surface area contributed by atoms with E-state index in [1.807, 2.05) is 31.2 Å². The third kappa shape index (κ3) is 2.15. The van der Waals surface area contributed by atoms with Crippen molar-refractivity contribution in [1.82, 2.24) is 4.98 Å². The molecule has 0 aromatic carbocycles. The number of aromatic nitrogens is 1. The molecule has 2 nitrogen and oxygen atoms in total. The molecule has 2 rings (SSSR count). The summed E-state index contributed by atoms with van der Waals surface area (Å²) < 4.78 is 0. The molecule has 0 atom stereocenters. The van der Waals surface area contributed by atoms with Gasteiger partial charge in [0, 0.05) is 16.1 Å². The van der Waals surface area contributed by atoms with E-state index < -0.39 is 0 Å². The first-order valence-corrected chi connectivity index (χ1v) is 6.17. The lowest BCUT2D eigenvalue weighted by Crippen LogP contribution is -1.91. The van der Waals surface area contributed by atoms with Gasteiger partial charge in [-0.15, -0.1) is 22.9 Å². The third-order valence-electron chi connectivity index (χ3n) is 2.25. The van der Waals surface area contributed by atoms with Crippen LogP contribution < -0.4 is 0 Å². The third-order valence-corrected chi connectivity index (χ3v) is 3.55. The molecule has 0 bridgehead atoms. The summed E-state index contributed by atoms with van der Waals surface area (Å²) in [5.74, 6) is 0.380. The second kappa shape index (κ2) is 4.76. The Kier molecular flexibility index (Phi) is 3.36. The van der Waals surface area contributed by atoms with E-state index in [1.54, 1.807) is 0 Å². The number of carbonyl (C=O) groups excluding carboxylic acids is 1. The van der Waals surface area contributed by atoms with E-state index in [0.29, 0.717) is 5.88 Å². The Bertz CT molecular complexity index is 521. The maximum atomic E-state index is 10.6. The molecule has 0 spiro atoms. The Hall–Kier alpha value is -1.19. The summed E-state index contributed by atoms with van der Waals surface area (Å²) in [5, 5.41) is 0. The van der Waals surface area contributed by atoms with Gasteiger partial charge < -0.3 is 0 Å². The van der Waals surface area contributed by atoms with Gasteiger partial charge >= 0.3 is 0 Å². The number of alkyl halides is 1. The lowest BCUT2D eigenvalue weighted by Gasteiger charge is -2.04. The summed E-state index contributed by atoms with van der Waals surface area (Å²) in [6.45, 7) is 1.94. The fourth-order valence-corrected chi connectivity index (χ4v) is 2.57. The van der Waals surface area contributed by atoms with Crippen LogP contribution in [0.25, 0.3) is 10.4 Å². The topological polar surface area (TPSA) is 30.0 Å². The van der Waals surface area contributed by atoms with Gasteiger partial charge in [0.05, 0.1) is 16.5 Å². The first-order chi connectivity index (χ1) is 7.74. The number of thiophene rings is 1. The van der Waals surface area contributed by atoms with Crippen molar-refractivity contribution < 1.29 is 4.79 Å². The molecular weight excluding hydrogens is 242 g/mol. The average Bonchev–Trinajstić information content (AvgIpc) is 2.77. The Labute approximate surface area is 103 Å². The van der Waals surface area contributed by atoms with Gasteiger partial charge in [0.1, 0.15) is 0 Å². The van der Waals surface area contributed by atoms with Gasteiger partial charge in [0.25, 0.3) is 0 Å². The molecule has 0 aliphatic rings. The standard InChI is InChI=1S/C12H10ClNOS/c1-8-2-4-10(11(6-13)14-8)12-5-3-9(7-15)16-12/h2-5,7H,6H2,1H3. The van der Waals surface area contributed by atoms with E-state index in [2.05, 4.69) is 4.98 Å². The van der Waals surface area contributed by atoms with Gasteiger partial charge in [0.15, 0.2) is 6.29 Å². The van der Waals surface area contributed by atoms with Gasteiger partial charge in [0.2, 0.25) is 0 Å². The Morgan fingerprint density at radius 2 is 2.19 bits per heavy atom. The molecule has 0 unspecified atom stereocenters. The smallest absolute Gasteiger partial charge is 0.160 e. The predicted molar refractivity (Wildman–Crippen MR) is 67.2 cm³/mol. The van der Waals surface area contributed by atoms with Crippen LogP contribution >= 0.6 is 22.9 Å². The minimum absolute atomic E-state index is 0.380. The highest BCUT2D eigenvalue weighted by Gasteiger charge is 2.08. The SMILES string of the molecule is Cc1ccc(-c2ccc(C=O)s2)c(CCl)n1. The van der Waals surface area contributed by atoms with Crippen LogP contribution in [-0.2, 0) is 5.88 Å². The van der Waals surface area contributed by atoms with Crippen LogP contribution in [0, 0.1) is 6.92 Å². The number of halogens is 1. The van der Waals surface area contributed by atoms with E-state index in [9.17, 15) is 4.79 Å². The Balaban J connectivity index is 2.50. The number of hydrogen-bond acceptors (Lipinski definition) is 3. The largest absolute Gasteiger partial charge is 0.297 e. The van der Waals surface area contributed by atoms with Gasteiger partial charge in [-0.05, 0) is 31.2 Å². The van der Waals surface area contributed by atoms with Crippen LogP contribution in [0.3, 0.4) is 0 Å². The van der Waals surface area contributed by atoms with E-state index in [-0.39, 0.29) is 0 Å². The predicted octanol–water partition coefficient (Wildman–Crippen LogP) is 3.67. The molecule has 4 heteroatoms. The zero-order valence-electron chi connectivity index (χ0n) is 8.74. The van der Waals surface area contributed by atoms with Crippen molar-refractivity contribution in [2.75, 3.05) is 0 Å². The minimum atomic E-state index is 0.380. The second-order valence-corrected chi connectivity index (χ2v) is 4.78. The van der Waals surface area contributed by atoms with E-state index in [1.165, 1.54) is 11.3 Å².